The second-order valence-corrected chi connectivity index (χ2v) is 22.2. The van der Waals surface area contributed by atoms with E-state index in [0.29, 0.717) is 11.5 Å². The van der Waals surface area contributed by atoms with E-state index in [2.05, 4.69) is 93.5 Å². The lowest BCUT2D eigenvalue weighted by Gasteiger charge is -2.34. The van der Waals surface area contributed by atoms with Crippen molar-refractivity contribution in [3.8, 4) is 11.5 Å². The molecular formula is C52H90O5P2. The van der Waals surface area contributed by atoms with E-state index in [1.165, 1.54) is 183 Å². The molecule has 0 aliphatic carbocycles. The summed E-state index contributed by atoms with van der Waals surface area (Å²) in [5.74, 6) is 2.37. The number of hydrogen-bond donors (Lipinski definition) is 2. The van der Waals surface area contributed by atoms with Gasteiger partial charge < -0.3 is 18.8 Å². The minimum atomic E-state index is -2.68. The number of hydrogen-bond acceptors (Lipinski definition) is 5. The molecule has 5 nitrogen and oxygen atoms in total. The SMILES string of the molecule is CCCCCCCCCCCCCC(CCCCCCCCCCCCC)CCC1c2ccc(c(C(C)(C)C)c2C)OP(OP(O)O)Oc2ccc1c(C)c2C(C)(C)C. The third kappa shape index (κ3) is 18.6. The largest absolute Gasteiger partial charge is 0.470 e. The van der Waals surface area contributed by atoms with Crippen molar-refractivity contribution in [2.24, 2.45) is 5.92 Å². The Morgan fingerprint density at radius 1 is 0.542 bits per heavy atom. The zero-order valence-electron chi connectivity index (χ0n) is 39.9. The second kappa shape index (κ2) is 27.8. The Balaban J connectivity index is 1.84. The summed E-state index contributed by atoms with van der Waals surface area (Å²) in [7, 11) is -4.81. The predicted molar refractivity (Wildman–Crippen MR) is 257 cm³/mol. The maximum atomic E-state index is 9.98. The smallest absolute Gasteiger partial charge is 0.417 e. The molecule has 0 spiro atoms. The molecule has 0 aromatic heterocycles. The average molecular weight is 857 g/mol. The first-order valence-electron chi connectivity index (χ1n) is 24.5. The van der Waals surface area contributed by atoms with E-state index in [4.69, 9.17) is 13.4 Å². The van der Waals surface area contributed by atoms with Crippen LogP contribution < -0.4 is 9.05 Å². The molecule has 0 saturated heterocycles. The Morgan fingerprint density at radius 3 is 1.20 bits per heavy atom. The molecule has 7 heteroatoms. The maximum Gasteiger partial charge on any atom is 0.470 e. The first kappa shape index (κ1) is 52.1. The zero-order chi connectivity index (χ0) is 43.3. The Labute approximate surface area is 367 Å². The predicted octanol–water partition coefficient (Wildman–Crippen LogP) is 18.1. The summed E-state index contributed by atoms with van der Waals surface area (Å²) in [6.07, 6.45) is 35.7. The van der Waals surface area contributed by atoms with Gasteiger partial charge in [0.2, 0.25) is 0 Å². The van der Waals surface area contributed by atoms with Crippen LogP contribution in [0.2, 0.25) is 0 Å². The van der Waals surface area contributed by atoms with Crippen LogP contribution >= 0.6 is 17.2 Å². The van der Waals surface area contributed by atoms with Crippen molar-refractivity contribution in [1.29, 1.82) is 0 Å². The molecule has 0 atom stereocenters. The van der Waals surface area contributed by atoms with Crippen molar-refractivity contribution in [2.75, 3.05) is 0 Å². The minimum absolute atomic E-state index is 0.213. The third-order valence-corrected chi connectivity index (χ3v) is 14.8. The van der Waals surface area contributed by atoms with Crippen molar-refractivity contribution in [2.45, 2.75) is 253 Å². The lowest BCUT2D eigenvalue weighted by Crippen LogP contribution is -2.21. The summed E-state index contributed by atoms with van der Waals surface area (Å²) in [6, 6.07) is 8.70. The van der Waals surface area contributed by atoms with Gasteiger partial charge in [-0.2, -0.15) is 0 Å². The van der Waals surface area contributed by atoms with Crippen LogP contribution in [0.4, 0.5) is 0 Å². The summed E-state index contributed by atoms with van der Waals surface area (Å²) < 4.78 is 18.6. The van der Waals surface area contributed by atoms with Gasteiger partial charge in [-0.05, 0) is 77.8 Å². The van der Waals surface area contributed by atoms with Gasteiger partial charge in [-0.25, -0.2) is 4.31 Å². The highest BCUT2D eigenvalue weighted by Crippen LogP contribution is 2.55. The second-order valence-electron chi connectivity index (χ2n) is 20.2. The third-order valence-electron chi connectivity index (χ3n) is 13.0. The fourth-order valence-corrected chi connectivity index (χ4v) is 11.4. The lowest BCUT2D eigenvalue weighted by molar-refractivity contribution is 0.328. The number of unbranched alkanes of at least 4 members (excludes halogenated alkanes) is 20. The van der Waals surface area contributed by atoms with Gasteiger partial charge in [-0.3, -0.25) is 0 Å². The van der Waals surface area contributed by atoms with E-state index >= 15 is 0 Å². The highest BCUT2D eigenvalue weighted by molar-refractivity contribution is 7.55. The Kier molecular flexibility index (Phi) is 24.5. The van der Waals surface area contributed by atoms with Crippen LogP contribution in [0.1, 0.15) is 262 Å². The van der Waals surface area contributed by atoms with Crippen molar-refractivity contribution in [3.63, 3.8) is 0 Å². The topological polar surface area (TPSA) is 68.2 Å². The molecule has 2 N–H and O–H groups in total. The number of benzene rings is 2. The molecule has 0 fully saturated rings. The van der Waals surface area contributed by atoms with E-state index < -0.39 is 17.2 Å². The Hall–Kier alpha value is -1.22. The van der Waals surface area contributed by atoms with Crippen LogP contribution in [0.25, 0.3) is 0 Å². The average Bonchev–Trinajstić information content (AvgIpc) is 3.15. The summed E-state index contributed by atoms with van der Waals surface area (Å²) in [5, 5.41) is 0. The fraction of sp³-hybridized carbons (Fsp3) is 0.769. The van der Waals surface area contributed by atoms with E-state index in [0.717, 1.165) is 23.5 Å². The van der Waals surface area contributed by atoms with Crippen LogP contribution in [0.15, 0.2) is 24.3 Å². The molecule has 59 heavy (non-hydrogen) atoms. The molecule has 0 saturated carbocycles. The Bertz CT molecular complexity index is 1340. The molecule has 4 bridgehead atoms. The molecule has 0 unspecified atom stereocenters. The molecular weight excluding hydrogens is 767 g/mol. The highest BCUT2D eigenvalue weighted by atomic mass is 31.2. The zero-order valence-corrected chi connectivity index (χ0v) is 41.7. The normalized spacial score (nSPS) is 15.8. The molecule has 0 radical (unpaired) electrons. The van der Waals surface area contributed by atoms with E-state index in [1.807, 2.05) is 0 Å². The molecule has 4 aliphatic rings. The van der Waals surface area contributed by atoms with Crippen LogP contribution in [0.5, 0.6) is 11.5 Å². The minimum Gasteiger partial charge on any atom is -0.417 e. The van der Waals surface area contributed by atoms with Gasteiger partial charge in [0.05, 0.1) is 0 Å². The van der Waals surface area contributed by atoms with Crippen molar-refractivity contribution >= 4 is 17.2 Å². The molecule has 2 aromatic carbocycles. The summed E-state index contributed by atoms with van der Waals surface area (Å²) in [6.45, 7) is 22.5. The first-order valence-corrected chi connectivity index (χ1v) is 26.7. The van der Waals surface area contributed by atoms with Crippen LogP contribution in [-0.4, -0.2) is 9.79 Å². The van der Waals surface area contributed by atoms with E-state index in [-0.39, 0.29) is 16.7 Å². The van der Waals surface area contributed by atoms with Crippen LogP contribution in [0, 0.1) is 19.8 Å². The molecule has 6 rings (SSSR count). The van der Waals surface area contributed by atoms with Crippen molar-refractivity contribution < 1.29 is 23.1 Å². The van der Waals surface area contributed by atoms with Crippen LogP contribution in [0.3, 0.4) is 0 Å². The van der Waals surface area contributed by atoms with E-state index in [1.54, 1.807) is 0 Å². The Morgan fingerprint density at radius 2 is 0.881 bits per heavy atom. The van der Waals surface area contributed by atoms with Crippen molar-refractivity contribution in [3.05, 3.63) is 57.6 Å². The van der Waals surface area contributed by atoms with Gasteiger partial charge in [-0.15, -0.1) is 0 Å². The summed E-state index contributed by atoms with van der Waals surface area (Å²) in [4.78, 5) is 20.0. The maximum absolute atomic E-state index is 9.98. The standard InChI is InChI=1S/C52H90O5P2/c1-11-13-15-17-19-21-23-25-27-29-31-33-43(34-32-30-28-26-24-22-20-18-16-14-12-2)35-36-46-44-37-39-47(49(41(44)3)51(5,6)7)55-59(57-58(53)54)56-48-40-38-45(46)42(4)50(48)52(8,9)10/h37-40,43,46,53-54H,11-36H2,1-10H3. The molecule has 4 heterocycles. The molecule has 4 aliphatic heterocycles. The number of rotatable bonds is 29. The fourth-order valence-electron chi connectivity index (χ4n) is 9.96. The van der Waals surface area contributed by atoms with Gasteiger partial charge >= 0.3 is 17.2 Å². The molecule has 338 valence electrons. The quantitative estimate of drug-likeness (QED) is 0.0630. The first-order chi connectivity index (χ1) is 28.2. The van der Waals surface area contributed by atoms with E-state index in [9.17, 15) is 9.79 Å². The molecule has 2 aromatic rings. The van der Waals surface area contributed by atoms with Gasteiger partial charge in [-0.1, -0.05) is 222 Å². The summed E-state index contributed by atoms with van der Waals surface area (Å²) in [5.41, 5.74) is 7.07. The van der Waals surface area contributed by atoms with Gasteiger partial charge in [0.15, 0.2) is 0 Å². The summed E-state index contributed by atoms with van der Waals surface area (Å²) >= 11 is 0. The van der Waals surface area contributed by atoms with Crippen molar-refractivity contribution in [1.82, 2.24) is 0 Å². The van der Waals surface area contributed by atoms with Gasteiger partial charge in [0.25, 0.3) is 0 Å². The lowest BCUT2D eigenvalue weighted by atomic mass is 9.73. The van der Waals surface area contributed by atoms with Gasteiger partial charge in [0, 0.05) is 17.0 Å². The van der Waals surface area contributed by atoms with Crippen LogP contribution in [-0.2, 0) is 15.1 Å². The van der Waals surface area contributed by atoms with Gasteiger partial charge in [0.1, 0.15) is 11.5 Å². The molecule has 0 amide bonds. The highest BCUT2D eigenvalue weighted by Gasteiger charge is 2.35. The monoisotopic (exact) mass is 857 g/mol.